The summed E-state index contributed by atoms with van der Waals surface area (Å²) in [5, 5.41) is 10.4. The zero-order chi connectivity index (χ0) is 18.8. The zero-order valence-corrected chi connectivity index (χ0v) is 15.5. The maximum atomic E-state index is 9.49. The molecule has 0 spiro atoms. The first-order valence-corrected chi connectivity index (χ1v) is 8.96. The van der Waals surface area contributed by atoms with E-state index in [0.29, 0.717) is 5.56 Å². The minimum atomic E-state index is 0.667. The molecule has 3 heterocycles. The lowest BCUT2D eigenvalue weighted by Crippen LogP contribution is -2.47. The Balaban J connectivity index is 1.54. The van der Waals surface area contributed by atoms with Gasteiger partial charge >= 0.3 is 0 Å². The van der Waals surface area contributed by atoms with Crippen molar-refractivity contribution in [2.45, 2.75) is 0 Å². The van der Waals surface area contributed by atoms with Crippen LogP contribution in [0.25, 0.3) is 10.9 Å². The first-order chi connectivity index (χ1) is 13.2. The predicted octanol–water partition coefficient (Wildman–Crippen LogP) is 2.29. The summed E-state index contributed by atoms with van der Waals surface area (Å²) in [5.41, 5.74) is 1.52. The van der Waals surface area contributed by atoms with Crippen molar-refractivity contribution in [2.75, 3.05) is 55.0 Å². The number of fused-ring (bicyclic) bond motifs is 1. The van der Waals surface area contributed by atoms with Gasteiger partial charge in [-0.1, -0.05) is 18.2 Å². The third-order valence-corrected chi connectivity index (χ3v) is 4.80. The largest absolute Gasteiger partial charge is 0.363 e. The van der Waals surface area contributed by atoms with Gasteiger partial charge in [-0.25, -0.2) is 9.97 Å². The van der Waals surface area contributed by atoms with Crippen LogP contribution < -0.4 is 14.7 Å². The Morgan fingerprint density at radius 3 is 2.48 bits per heavy atom. The number of para-hydroxylation sites is 1. The molecule has 1 aliphatic heterocycles. The van der Waals surface area contributed by atoms with Gasteiger partial charge in [0.15, 0.2) is 0 Å². The number of piperazine rings is 1. The average molecular weight is 359 g/mol. The van der Waals surface area contributed by atoms with Crippen molar-refractivity contribution in [3.63, 3.8) is 0 Å². The third-order valence-electron chi connectivity index (χ3n) is 4.80. The molecular formula is C20H21N7. The summed E-state index contributed by atoms with van der Waals surface area (Å²) in [4.78, 5) is 20.2. The first-order valence-electron chi connectivity index (χ1n) is 8.96. The van der Waals surface area contributed by atoms with Gasteiger partial charge in [-0.05, 0) is 18.2 Å². The lowest BCUT2D eigenvalue weighted by atomic mass is 10.1. The minimum Gasteiger partial charge on any atom is -0.363 e. The summed E-state index contributed by atoms with van der Waals surface area (Å²) in [6, 6.07) is 13.9. The van der Waals surface area contributed by atoms with Gasteiger partial charge in [0.2, 0.25) is 5.95 Å². The van der Waals surface area contributed by atoms with Gasteiger partial charge in [0, 0.05) is 51.9 Å². The molecule has 0 unspecified atom stereocenters. The Kier molecular flexibility index (Phi) is 4.47. The lowest BCUT2D eigenvalue weighted by Gasteiger charge is -2.35. The fourth-order valence-corrected chi connectivity index (χ4v) is 3.29. The van der Waals surface area contributed by atoms with Crippen molar-refractivity contribution in [1.29, 1.82) is 5.26 Å². The molecule has 1 aliphatic rings. The Hall–Kier alpha value is -3.40. The first kappa shape index (κ1) is 17.0. The quantitative estimate of drug-likeness (QED) is 0.710. The van der Waals surface area contributed by atoms with E-state index >= 15 is 0 Å². The van der Waals surface area contributed by atoms with E-state index in [1.54, 1.807) is 6.20 Å². The number of pyridine rings is 1. The van der Waals surface area contributed by atoms with Crippen molar-refractivity contribution in [3.05, 3.63) is 48.2 Å². The summed E-state index contributed by atoms with van der Waals surface area (Å²) in [6.45, 7) is 3.25. The molecule has 0 aliphatic carbocycles. The number of hydrogen-bond acceptors (Lipinski definition) is 7. The molecule has 136 valence electrons. The van der Waals surface area contributed by atoms with Crippen LogP contribution in [0.5, 0.6) is 0 Å². The maximum absolute atomic E-state index is 9.49. The molecule has 0 amide bonds. The van der Waals surface area contributed by atoms with Crippen molar-refractivity contribution in [1.82, 2.24) is 15.0 Å². The molecule has 7 heteroatoms. The number of nitrogens with zero attached hydrogens (tertiary/aromatic N) is 7. The lowest BCUT2D eigenvalue weighted by molar-refractivity contribution is 0.635. The number of hydrogen-bond donors (Lipinski definition) is 0. The average Bonchev–Trinajstić information content (AvgIpc) is 2.73. The predicted molar refractivity (Wildman–Crippen MR) is 107 cm³/mol. The molecule has 4 rings (SSSR count). The van der Waals surface area contributed by atoms with Crippen LogP contribution in [-0.4, -0.2) is 55.2 Å². The molecule has 0 radical (unpaired) electrons. The molecule has 0 saturated carbocycles. The highest BCUT2D eigenvalue weighted by Gasteiger charge is 2.21. The van der Waals surface area contributed by atoms with Crippen LogP contribution in [-0.2, 0) is 0 Å². The van der Waals surface area contributed by atoms with Crippen LogP contribution in [0.15, 0.2) is 42.6 Å². The summed E-state index contributed by atoms with van der Waals surface area (Å²) in [6.07, 6.45) is 1.80. The molecule has 7 nitrogen and oxygen atoms in total. The molecule has 2 aromatic heterocycles. The van der Waals surface area contributed by atoms with Crippen LogP contribution in [0.1, 0.15) is 5.56 Å². The fourth-order valence-electron chi connectivity index (χ4n) is 3.29. The number of aromatic nitrogens is 3. The highest BCUT2D eigenvalue weighted by molar-refractivity contribution is 5.86. The topological polar surface area (TPSA) is 72.2 Å². The normalized spacial score (nSPS) is 14.3. The Bertz CT molecular complexity index is 1000. The Morgan fingerprint density at radius 2 is 1.74 bits per heavy atom. The molecule has 0 N–H and O–H groups in total. The number of benzene rings is 1. The van der Waals surface area contributed by atoms with Gasteiger partial charge in [0.1, 0.15) is 11.6 Å². The van der Waals surface area contributed by atoms with Crippen molar-refractivity contribution < 1.29 is 0 Å². The Labute approximate surface area is 158 Å². The smallest absolute Gasteiger partial charge is 0.227 e. The van der Waals surface area contributed by atoms with Gasteiger partial charge in [0.05, 0.1) is 17.1 Å². The van der Waals surface area contributed by atoms with Gasteiger partial charge in [-0.15, -0.1) is 0 Å². The van der Waals surface area contributed by atoms with E-state index in [1.807, 2.05) is 55.4 Å². The summed E-state index contributed by atoms with van der Waals surface area (Å²) >= 11 is 0. The van der Waals surface area contributed by atoms with Crippen LogP contribution in [0.2, 0.25) is 0 Å². The fraction of sp³-hybridized carbons (Fsp3) is 0.300. The molecule has 1 fully saturated rings. The zero-order valence-electron chi connectivity index (χ0n) is 15.5. The van der Waals surface area contributed by atoms with E-state index in [4.69, 9.17) is 4.98 Å². The van der Waals surface area contributed by atoms with E-state index in [9.17, 15) is 5.26 Å². The highest BCUT2D eigenvalue weighted by Crippen LogP contribution is 2.24. The van der Waals surface area contributed by atoms with Crippen LogP contribution in [0, 0.1) is 11.3 Å². The molecule has 0 atom stereocenters. The standard InChI is InChI=1S/C20H21N7/c1-25(2)18-7-8-22-20(24-18)27-11-9-26(10-12-27)19-13-15(14-21)16-5-3-4-6-17(16)23-19/h3-8,13H,9-12H2,1-2H3. The van der Waals surface area contributed by atoms with E-state index in [2.05, 4.69) is 25.8 Å². The van der Waals surface area contributed by atoms with Crippen molar-refractivity contribution in [3.8, 4) is 6.07 Å². The van der Waals surface area contributed by atoms with E-state index < -0.39 is 0 Å². The second-order valence-electron chi connectivity index (χ2n) is 6.74. The molecule has 27 heavy (non-hydrogen) atoms. The van der Waals surface area contributed by atoms with Crippen LogP contribution in [0.3, 0.4) is 0 Å². The van der Waals surface area contributed by atoms with Gasteiger partial charge in [0.25, 0.3) is 0 Å². The van der Waals surface area contributed by atoms with Crippen LogP contribution in [0.4, 0.5) is 17.6 Å². The second kappa shape index (κ2) is 7.08. The van der Waals surface area contributed by atoms with Crippen molar-refractivity contribution in [2.24, 2.45) is 0 Å². The highest BCUT2D eigenvalue weighted by atomic mass is 15.3. The van der Waals surface area contributed by atoms with E-state index in [-0.39, 0.29) is 0 Å². The summed E-state index contributed by atoms with van der Waals surface area (Å²) in [5.74, 6) is 2.51. The monoisotopic (exact) mass is 359 g/mol. The minimum absolute atomic E-state index is 0.667. The molecule has 0 bridgehead atoms. The molecule has 1 saturated heterocycles. The molecule has 1 aromatic carbocycles. The van der Waals surface area contributed by atoms with E-state index in [0.717, 1.165) is 54.7 Å². The number of rotatable bonds is 3. The van der Waals surface area contributed by atoms with Gasteiger partial charge in [-0.2, -0.15) is 10.2 Å². The SMILES string of the molecule is CN(C)c1ccnc(N2CCN(c3cc(C#N)c4ccccc4n3)CC2)n1. The van der Waals surface area contributed by atoms with Crippen LogP contribution >= 0.6 is 0 Å². The van der Waals surface area contributed by atoms with E-state index in [1.165, 1.54) is 0 Å². The molecule has 3 aromatic rings. The van der Waals surface area contributed by atoms with Crippen molar-refractivity contribution >= 4 is 28.5 Å². The second-order valence-corrected chi connectivity index (χ2v) is 6.74. The number of anilines is 3. The summed E-state index contributed by atoms with van der Waals surface area (Å²) < 4.78 is 0. The third kappa shape index (κ3) is 3.34. The molecular weight excluding hydrogens is 338 g/mol. The number of nitriles is 1. The Morgan fingerprint density at radius 1 is 1.00 bits per heavy atom. The van der Waals surface area contributed by atoms with Gasteiger partial charge in [-0.3, -0.25) is 0 Å². The van der Waals surface area contributed by atoms with Gasteiger partial charge < -0.3 is 14.7 Å². The summed E-state index contributed by atoms with van der Waals surface area (Å²) in [7, 11) is 3.95. The maximum Gasteiger partial charge on any atom is 0.227 e.